The van der Waals surface area contributed by atoms with Gasteiger partial charge < -0.3 is 10.2 Å². The van der Waals surface area contributed by atoms with Crippen molar-refractivity contribution in [1.29, 1.82) is 0 Å². The van der Waals surface area contributed by atoms with E-state index >= 15 is 0 Å². The molecule has 1 saturated carbocycles. The predicted molar refractivity (Wildman–Crippen MR) is 82.4 cm³/mol. The fraction of sp³-hybridized carbons (Fsp3) is 0.733. The normalized spacial score (nSPS) is 24.0. The van der Waals surface area contributed by atoms with Gasteiger partial charge in [0.1, 0.15) is 16.4 Å². The molecule has 2 atom stereocenters. The van der Waals surface area contributed by atoms with Gasteiger partial charge in [-0.3, -0.25) is 0 Å². The Morgan fingerprint density at radius 3 is 2.52 bits per heavy atom. The third kappa shape index (κ3) is 3.49. The van der Waals surface area contributed by atoms with Crippen LogP contribution in [0.15, 0.2) is 9.31 Å². The van der Waals surface area contributed by atoms with E-state index in [0.29, 0.717) is 23.0 Å². The molecule has 1 aliphatic rings. The van der Waals surface area contributed by atoms with E-state index in [2.05, 4.69) is 11.6 Å². The molecule has 0 aliphatic heterocycles. The number of sulfonamides is 1. The quantitative estimate of drug-likeness (QED) is 0.837. The van der Waals surface area contributed by atoms with Gasteiger partial charge >= 0.3 is 0 Å². The number of nitrogens with one attached hydrogen (secondary N) is 1. The van der Waals surface area contributed by atoms with Crippen molar-refractivity contribution in [2.75, 3.05) is 0 Å². The van der Waals surface area contributed by atoms with Crippen LogP contribution in [0.4, 0.5) is 0 Å². The molecular weight excluding hydrogens is 288 g/mol. The van der Waals surface area contributed by atoms with E-state index in [-0.39, 0.29) is 17.5 Å². The zero-order valence-electron chi connectivity index (χ0n) is 13.1. The van der Waals surface area contributed by atoms with Gasteiger partial charge in [-0.05, 0) is 32.6 Å². The van der Waals surface area contributed by atoms with Crippen LogP contribution in [0.5, 0.6) is 0 Å². The Morgan fingerprint density at radius 2 is 1.86 bits per heavy atom. The van der Waals surface area contributed by atoms with Gasteiger partial charge in [0.05, 0.1) is 0 Å². The van der Waals surface area contributed by atoms with Crippen molar-refractivity contribution in [1.82, 2.24) is 4.72 Å². The van der Waals surface area contributed by atoms with E-state index in [1.165, 1.54) is 12.8 Å². The van der Waals surface area contributed by atoms with Crippen LogP contribution in [0.25, 0.3) is 0 Å². The molecule has 120 valence electrons. The molecule has 1 aliphatic carbocycles. The number of furan rings is 1. The minimum atomic E-state index is -3.59. The molecule has 1 fully saturated rings. The lowest BCUT2D eigenvalue weighted by molar-refractivity contribution is 0.399. The second-order valence-corrected chi connectivity index (χ2v) is 7.72. The number of aryl methyl sites for hydroxylation is 2. The molecule has 0 bridgehead atoms. The van der Waals surface area contributed by atoms with Crippen molar-refractivity contribution in [3.05, 3.63) is 17.1 Å². The third-order valence-electron chi connectivity index (χ3n) is 4.47. The molecule has 0 spiro atoms. The summed E-state index contributed by atoms with van der Waals surface area (Å²) in [5, 5.41) is 0. The maximum Gasteiger partial charge on any atom is 0.244 e. The number of hydrogen-bond acceptors (Lipinski definition) is 4. The molecule has 21 heavy (non-hydrogen) atoms. The molecule has 0 saturated heterocycles. The predicted octanol–water partition coefficient (Wildman–Crippen LogP) is 2.60. The Kier molecular flexibility index (Phi) is 5.11. The first-order valence-electron chi connectivity index (χ1n) is 7.68. The Morgan fingerprint density at radius 1 is 1.19 bits per heavy atom. The minimum absolute atomic E-state index is 0.00210. The zero-order valence-corrected chi connectivity index (χ0v) is 13.9. The fourth-order valence-corrected chi connectivity index (χ4v) is 5.06. The SMILES string of the molecule is Cc1oc(C)c(S(=O)(=O)NC2CCCCCC2C)c1CN. The summed E-state index contributed by atoms with van der Waals surface area (Å²) in [5.74, 6) is 1.36. The lowest BCUT2D eigenvalue weighted by Gasteiger charge is -2.22. The Balaban J connectivity index is 2.30. The lowest BCUT2D eigenvalue weighted by atomic mass is 9.98. The molecule has 2 rings (SSSR count). The first-order chi connectivity index (χ1) is 9.86. The van der Waals surface area contributed by atoms with Crippen LogP contribution < -0.4 is 10.5 Å². The summed E-state index contributed by atoms with van der Waals surface area (Å²) >= 11 is 0. The van der Waals surface area contributed by atoms with Crippen molar-refractivity contribution in [2.24, 2.45) is 11.7 Å². The highest BCUT2D eigenvalue weighted by molar-refractivity contribution is 7.89. The maximum absolute atomic E-state index is 12.7. The van der Waals surface area contributed by atoms with Gasteiger partial charge in [-0.1, -0.05) is 26.2 Å². The average Bonchev–Trinajstić information content (AvgIpc) is 2.56. The van der Waals surface area contributed by atoms with Gasteiger partial charge in [-0.25, -0.2) is 13.1 Å². The van der Waals surface area contributed by atoms with E-state index in [1.807, 2.05) is 0 Å². The number of hydrogen-bond donors (Lipinski definition) is 2. The molecule has 1 aromatic heterocycles. The standard InChI is InChI=1S/C15H26N2O3S/c1-10-7-5-4-6-8-14(10)17-21(18,19)15-12(3)20-11(2)13(15)9-16/h10,14,17H,4-9,16H2,1-3H3. The summed E-state index contributed by atoms with van der Waals surface area (Å²) in [7, 11) is -3.59. The Hall–Kier alpha value is -0.850. The smallest absolute Gasteiger partial charge is 0.244 e. The maximum atomic E-state index is 12.7. The average molecular weight is 314 g/mol. The third-order valence-corrected chi connectivity index (χ3v) is 6.15. The Bertz CT molecular complexity index is 592. The van der Waals surface area contributed by atoms with E-state index in [4.69, 9.17) is 10.2 Å². The van der Waals surface area contributed by atoms with Gasteiger partial charge in [0.25, 0.3) is 0 Å². The zero-order chi connectivity index (χ0) is 15.6. The van der Waals surface area contributed by atoms with Crippen LogP contribution in [0, 0.1) is 19.8 Å². The second-order valence-electron chi connectivity index (χ2n) is 6.07. The van der Waals surface area contributed by atoms with Crippen LogP contribution in [-0.2, 0) is 16.6 Å². The molecule has 1 heterocycles. The summed E-state index contributed by atoms with van der Waals surface area (Å²) in [6.45, 7) is 5.72. The molecule has 0 radical (unpaired) electrons. The van der Waals surface area contributed by atoms with Crippen LogP contribution in [0.2, 0.25) is 0 Å². The second kappa shape index (κ2) is 6.50. The summed E-state index contributed by atoms with van der Waals surface area (Å²) < 4.78 is 33.8. The highest BCUT2D eigenvalue weighted by atomic mass is 32.2. The van der Waals surface area contributed by atoms with Gasteiger partial charge in [0, 0.05) is 18.2 Å². The topological polar surface area (TPSA) is 85.3 Å². The lowest BCUT2D eigenvalue weighted by Crippen LogP contribution is -2.39. The molecule has 0 amide bonds. The first kappa shape index (κ1) is 16.5. The summed E-state index contributed by atoms with van der Waals surface area (Å²) in [6.07, 6.45) is 5.40. The van der Waals surface area contributed by atoms with Gasteiger partial charge in [0.2, 0.25) is 10.0 Å². The van der Waals surface area contributed by atoms with Crippen molar-refractivity contribution in [3.8, 4) is 0 Å². The molecule has 1 aromatic rings. The van der Waals surface area contributed by atoms with E-state index in [1.54, 1.807) is 13.8 Å². The molecule has 2 unspecified atom stereocenters. The summed E-state index contributed by atoms with van der Waals surface area (Å²) in [6, 6.07) is -0.00210. The Labute approximate surface area is 127 Å². The summed E-state index contributed by atoms with van der Waals surface area (Å²) in [4.78, 5) is 0.235. The summed E-state index contributed by atoms with van der Waals surface area (Å²) in [5.41, 5.74) is 6.28. The van der Waals surface area contributed by atoms with E-state index in [9.17, 15) is 8.42 Å². The highest BCUT2D eigenvalue weighted by Crippen LogP contribution is 2.29. The minimum Gasteiger partial charge on any atom is -0.465 e. The molecular formula is C15H26N2O3S. The van der Waals surface area contributed by atoms with Gasteiger partial charge in [-0.2, -0.15) is 0 Å². The van der Waals surface area contributed by atoms with Crippen molar-refractivity contribution < 1.29 is 12.8 Å². The van der Waals surface area contributed by atoms with Crippen molar-refractivity contribution >= 4 is 10.0 Å². The van der Waals surface area contributed by atoms with Crippen molar-refractivity contribution in [3.63, 3.8) is 0 Å². The largest absolute Gasteiger partial charge is 0.465 e. The van der Waals surface area contributed by atoms with Gasteiger partial charge in [-0.15, -0.1) is 0 Å². The van der Waals surface area contributed by atoms with Gasteiger partial charge in [0.15, 0.2) is 0 Å². The van der Waals surface area contributed by atoms with E-state index in [0.717, 1.165) is 19.3 Å². The highest BCUT2D eigenvalue weighted by Gasteiger charge is 2.30. The van der Waals surface area contributed by atoms with E-state index < -0.39 is 10.0 Å². The van der Waals surface area contributed by atoms with Crippen LogP contribution in [0.3, 0.4) is 0 Å². The molecule has 5 nitrogen and oxygen atoms in total. The first-order valence-corrected chi connectivity index (χ1v) is 9.16. The van der Waals surface area contributed by atoms with Crippen molar-refractivity contribution in [2.45, 2.75) is 70.4 Å². The monoisotopic (exact) mass is 314 g/mol. The van der Waals surface area contributed by atoms with Crippen LogP contribution >= 0.6 is 0 Å². The number of rotatable bonds is 4. The fourth-order valence-electron chi connectivity index (χ4n) is 3.22. The number of nitrogens with two attached hydrogens (primary N) is 1. The molecule has 6 heteroatoms. The van der Waals surface area contributed by atoms with Crippen LogP contribution in [0.1, 0.15) is 56.1 Å². The molecule has 3 N–H and O–H groups in total. The van der Waals surface area contributed by atoms with Crippen LogP contribution in [-0.4, -0.2) is 14.5 Å². The molecule has 0 aromatic carbocycles.